The van der Waals surface area contributed by atoms with E-state index in [0.29, 0.717) is 17.1 Å². The molecule has 0 amide bonds. The second-order valence-electron chi connectivity index (χ2n) is 4.60. The Morgan fingerprint density at radius 2 is 2.24 bits per heavy atom. The molecule has 2 rings (SSSR count). The van der Waals surface area contributed by atoms with Crippen LogP contribution in [-0.2, 0) is 17.9 Å². The monoisotopic (exact) mass is 328 g/mol. The van der Waals surface area contributed by atoms with Gasteiger partial charge in [-0.1, -0.05) is 17.7 Å². The maximum Gasteiger partial charge on any atom is 0.317 e. The molecule has 0 saturated heterocycles. The molecule has 0 atom stereocenters. The fourth-order valence-electron chi connectivity index (χ4n) is 1.98. The van der Waals surface area contributed by atoms with E-state index in [9.17, 15) is 9.18 Å². The van der Waals surface area contributed by atoms with E-state index in [1.54, 1.807) is 11.0 Å². The highest BCUT2D eigenvalue weighted by atomic mass is 35.5. The number of halogens is 2. The minimum atomic E-state index is -0.977. The second-order valence-corrected chi connectivity index (χ2v) is 6.07. The molecule has 1 heterocycles. The molecule has 0 aliphatic rings. The number of aromatic nitrogens is 1. The predicted octanol–water partition coefficient (Wildman–Crippen LogP) is 3.33. The van der Waals surface area contributed by atoms with Gasteiger partial charge < -0.3 is 5.11 Å². The number of carbonyl (C=O) groups is 1. The van der Waals surface area contributed by atoms with E-state index in [4.69, 9.17) is 16.7 Å². The van der Waals surface area contributed by atoms with Crippen LogP contribution in [0.5, 0.6) is 0 Å². The molecule has 0 spiro atoms. The lowest BCUT2D eigenvalue weighted by Crippen LogP contribution is -2.29. The van der Waals surface area contributed by atoms with Crippen LogP contribution in [0.25, 0.3) is 0 Å². The van der Waals surface area contributed by atoms with Gasteiger partial charge in [0.05, 0.1) is 17.2 Å². The zero-order chi connectivity index (χ0) is 15.4. The van der Waals surface area contributed by atoms with Gasteiger partial charge in [0, 0.05) is 29.1 Å². The first-order chi connectivity index (χ1) is 9.95. The van der Waals surface area contributed by atoms with E-state index in [-0.39, 0.29) is 13.1 Å². The number of carboxylic acids is 1. The molecule has 0 saturated carbocycles. The molecule has 0 fully saturated rings. The van der Waals surface area contributed by atoms with Crippen molar-refractivity contribution < 1.29 is 14.3 Å². The zero-order valence-electron chi connectivity index (χ0n) is 11.3. The molecule has 0 radical (unpaired) electrons. The average Bonchev–Trinajstić information content (AvgIpc) is 2.78. The third-order valence-electron chi connectivity index (χ3n) is 2.85. The van der Waals surface area contributed by atoms with Crippen LogP contribution in [0.4, 0.5) is 4.39 Å². The third kappa shape index (κ3) is 4.49. The number of hydrogen-bond donors (Lipinski definition) is 1. The number of aryl methyl sites for hydroxylation is 1. The van der Waals surface area contributed by atoms with Gasteiger partial charge in [0.1, 0.15) is 5.82 Å². The van der Waals surface area contributed by atoms with E-state index < -0.39 is 11.8 Å². The molecule has 0 unspecified atom stereocenters. The van der Waals surface area contributed by atoms with Gasteiger partial charge in [-0.15, -0.1) is 11.3 Å². The van der Waals surface area contributed by atoms with Crippen molar-refractivity contribution in [2.24, 2.45) is 0 Å². The molecule has 112 valence electrons. The largest absolute Gasteiger partial charge is 0.480 e. The lowest BCUT2D eigenvalue weighted by atomic mass is 10.2. The van der Waals surface area contributed by atoms with E-state index in [1.165, 1.54) is 23.5 Å². The van der Waals surface area contributed by atoms with Gasteiger partial charge in [-0.2, -0.15) is 0 Å². The Morgan fingerprint density at radius 1 is 1.48 bits per heavy atom. The number of thiazole rings is 1. The molecular formula is C14H14ClFN2O2S. The summed E-state index contributed by atoms with van der Waals surface area (Å²) in [5.41, 5.74) is 1.07. The fourth-order valence-corrected chi connectivity index (χ4v) is 2.80. The molecule has 21 heavy (non-hydrogen) atoms. The van der Waals surface area contributed by atoms with E-state index in [0.717, 1.165) is 10.7 Å². The summed E-state index contributed by atoms with van der Waals surface area (Å²) in [6, 6.07) is 4.42. The van der Waals surface area contributed by atoms with Crippen LogP contribution in [0.2, 0.25) is 5.02 Å². The van der Waals surface area contributed by atoms with E-state index >= 15 is 0 Å². The fraction of sp³-hybridized carbons (Fsp3) is 0.286. The van der Waals surface area contributed by atoms with Gasteiger partial charge in [-0.25, -0.2) is 9.37 Å². The minimum Gasteiger partial charge on any atom is -0.480 e. The lowest BCUT2D eigenvalue weighted by Gasteiger charge is -2.20. The third-order valence-corrected chi connectivity index (χ3v) is 4.03. The Bertz CT molecular complexity index is 627. The van der Waals surface area contributed by atoms with Crippen LogP contribution in [0.15, 0.2) is 23.6 Å². The van der Waals surface area contributed by atoms with Crippen molar-refractivity contribution >= 4 is 28.9 Å². The second kappa shape index (κ2) is 6.98. The molecule has 0 bridgehead atoms. The van der Waals surface area contributed by atoms with Gasteiger partial charge >= 0.3 is 5.97 Å². The van der Waals surface area contributed by atoms with Crippen molar-refractivity contribution in [2.45, 2.75) is 20.0 Å². The van der Waals surface area contributed by atoms with Crippen molar-refractivity contribution in [3.63, 3.8) is 0 Å². The van der Waals surface area contributed by atoms with Crippen LogP contribution in [0, 0.1) is 12.7 Å². The van der Waals surface area contributed by atoms with Crippen LogP contribution >= 0.6 is 22.9 Å². The van der Waals surface area contributed by atoms with Gasteiger partial charge in [0.15, 0.2) is 0 Å². The van der Waals surface area contributed by atoms with Crippen molar-refractivity contribution in [3.8, 4) is 0 Å². The quantitative estimate of drug-likeness (QED) is 0.883. The van der Waals surface area contributed by atoms with Crippen LogP contribution < -0.4 is 0 Å². The molecule has 1 aromatic carbocycles. The molecule has 0 aliphatic heterocycles. The number of nitrogens with zero attached hydrogens (tertiary/aromatic N) is 2. The summed E-state index contributed by atoms with van der Waals surface area (Å²) in [5.74, 6) is -1.42. The van der Waals surface area contributed by atoms with Crippen molar-refractivity contribution in [2.75, 3.05) is 6.54 Å². The SMILES string of the molecule is Cc1nc(CN(CC(=O)O)Cc2c(F)cccc2Cl)cs1. The number of benzene rings is 1. The molecule has 7 heteroatoms. The first-order valence-electron chi connectivity index (χ1n) is 6.23. The number of carboxylic acid groups (broad SMARTS) is 1. The molecule has 1 aromatic heterocycles. The van der Waals surface area contributed by atoms with E-state index in [1.807, 2.05) is 12.3 Å². The zero-order valence-corrected chi connectivity index (χ0v) is 12.9. The average molecular weight is 329 g/mol. The molecule has 2 aromatic rings. The standard InChI is InChI=1S/C14H14ClFN2O2S/c1-9-17-10(8-21-9)5-18(7-14(19)20)6-11-12(15)3-2-4-13(11)16/h2-4,8H,5-7H2,1H3,(H,19,20). The number of hydrogen-bond acceptors (Lipinski definition) is 4. The predicted molar refractivity (Wildman–Crippen MR) is 80.0 cm³/mol. The topological polar surface area (TPSA) is 53.4 Å². The van der Waals surface area contributed by atoms with Crippen molar-refractivity contribution in [1.29, 1.82) is 0 Å². The lowest BCUT2D eigenvalue weighted by molar-refractivity contribution is -0.138. The Hall–Kier alpha value is -1.50. The van der Waals surface area contributed by atoms with Crippen molar-refractivity contribution in [1.82, 2.24) is 9.88 Å². The van der Waals surface area contributed by atoms with E-state index in [2.05, 4.69) is 4.98 Å². The maximum atomic E-state index is 13.8. The summed E-state index contributed by atoms with van der Waals surface area (Å²) in [6.45, 7) is 2.13. The van der Waals surface area contributed by atoms with Gasteiger partial charge in [0.25, 0.3) is 0 Å². The summed E-state index contributed by atoms with van der Waals surface area (Å²) in [5, 5.41) is 12.1. The van der Waals surface area contributed by atoms with Crippen LogP contribution in [-0.4, -0.2) is 27.5 Å². The van der Waals surface area contributed by atoms with Crippen LogP contribution in [0.3, 0.4) is 0 Å². The minimum absolute atomic E-state index is 0.119. The number of rotatable bonds is 6. The summed E-state index contributed by atoms with van der Waals surface area (Å²) in [7, 11) is 0. The summed E-state index contributed by atoms with van der Waals surface area (Å²) in [4.78, 5) is 16.9. The molecular weight excluding hydrogens is 315 g/mol. The molecule has 0 aliphatic carbocycles. The Labute approximate surface area is 130 Å². The summed E-state index contributed by atoms with van der Waals surface area (Å²) >= 11 is 7.48. The summed E-state index contributed by atoms with van der Waals surface area (Å²) < 4.78 is 13.8. The highest BCUT2D eigenvalue weighted by Crippen LogP contribution is 2.22. The highest BCUT2D eigenvalue weighted by molar-refractivity contribution is 7.09. The normalized spacial score (nSPS) is 11.0. The Kier molecular flexibility index (Phi) is 5.27. The van der Waals surface area contributed by atoms with Gasteiger partial charge in [-0.05, 0) is 19.1 Å². The first kappa shape index (κ1) is 15.9. The Morgan fingerprint density at radius 3 is 2.81 bits per heavy atom. The van der Waals surface area contributed by atoms with Gasteiger partial charge in [0.2, 0.25) is 0 Å². The van der Waals surface area contributed by atoms with Crippen LogP contribution in [0.1, 0.15) is 16.3 Å². The van der Waals surface area contributed by atoms with Gasteiger partial charge in [-0.3, -0.25) is 9.69 Å². The summed E-state index contributed by atoms with van der Waals surface area (Å²) in [6.07, 6.45) is 0. The highest BCUT2D eigenvalue weighted by Gasteiger charge is 2.16. The smallest absolute Gasteiger partial charge is 0.317 e. The maximum absolute atomic E-state index is 13.8. The van der Waals surface area contributed by atoms with Crippen molar-refractivity contribution in [3.05, 3.63) is 50.7 Å². The number of aliphatic carboxylic acids is 1. The first-order valence-corrected chi connectivity index (χ1v) is 7.49. The molecule has 1 N–H and O–H groups in total. The Balaban J connectivity index is 2.18. The molecule has 4 nitrogen and oxygen atoms in total.